The molecule has 0 atom stereocenters. The Hall–Kier alpha value is -4.93. The van der Waals surface area contributed by atoms with Crippen molar-refractivity contribution in [3.05, 3.63) is 78.8 Å². The number of carbonyl (C=O) groups excluding carboxylic acids is 1. The molecular formula is C26H25FN8O2. The zero-order valence-corrected chi connectivity index (χ0v) is 19.2. The topological polar surface area (TPSA) is 131 Å². The second-order valence-corrected chi connectivity index (χ2v) is 7.65. The van der Waals surface area contributed by atoms with Gasteiger partial charge >= 0.3 is 6.09 Å². The molecule has 0 spiro atoms. The van der Waals surface area contributed by atoms with Crippen LogP contribution in [0.3, 0.4) is 0 Å². The van der Waals surface area contributed by atoms with Crippen molar-refractivity contribution in [1.82, 2.24) is 29.9 Å². The molecule has 0 fully saturated rings. The lowest BCUT2D eigenvalue weighted by Gasteiger charge is -2.08. The predicted octanol–water partition coefficient (Wildman–Crippen LogP) is 5.43. The molecule has 1 aromatic carbocycles. The smallest absolute Gasteiger partial charge is 0.413 e. The molecular weight excluding hydrogens is 475 g/mol. The number of nitrogens with zero attached hydrogens (tertiary/aromatic N) is 5. The molecule has 0 aliphatic carbocycles. The fraction of sp³-hybridized carbons (Fsp3) is 0.154. The lowest BCUT2D eigenvalue weighted by atomic mass is 10.0. The van der Waals surface area contributed by atoms with Crippen LogP contribution in [-0.2, 0) is 11.3 Å². The molecule has 0 aliphatic heterocycles. The van der Waals surface area contributed by atoms with Crippen LogP contribution in [0.15, 0.2) is 67.3 Å². The molecule has 10 nitrogen and oxygen atoms in total. The third kappa shape index (κ3) is 5.67. The van der Waals surface area contributed by atoms with E-state index in [1.807, 2.05) is 24.3 Å². The SMILES string of the molecule is C.CCOC(=O)Nc1nc2c(-c3ncccc3F)cc(-c3cnc(NCc4ccccn4)nc3)cc2[nH]1. The van der Waals surface area contributed by atoms with Crippen LogP contribution in [-0.4, -0.2) is 42.6 Å². The van der Waals surface area contributed by atoms with Crippen LogP contribution in [0.5, 0.6) is 0 Å². The number of hydrogen-bond acceptors (Lipinski definition) is 8. The van der Waals surface area contributed by atoms with Gasteiger partial charge in [0.2, 0.25) is 11.9 Å². The Bertz CT molecular complexity index is 1510. The van der Waals surface area contributed by atoms with E-state index < -0.39 is 11.9 Å². The van der Waals surface area contributed by atoms with Gasteiger partial charge < -0.3 is 15.0 Å². The van der Waals surface area contributed by atoms with Crippen molar-refractivity contribution in [2.75, 3.05) is 17.2 Å². The Morgan fingerprint density at radius 1 is 1.03 bits per heavy atom. The fourth-order valence-electron chi connectivity index (χ4n) is 3.61. The molecule has 0 saturated carbocycles. The van der Waals surface area contributed by atoms with Gasteiger partial charge in [-0.25, -0.2) is 24.1 Å². The van der Waals surface area contributed by atoms with Crippen LogP contribution >= 0.6 is 0 Å². The van der Waals surface area contributed by atoms with Gasteiger partial charge in [-0.05, 0) is 48.9 Å². The highest BCUT2D eigenvalue weighted by Gasteiger charge is 2.17. The number of amides is 1. The third-order valence-electron chi connectivity index (χ3n) is 5.24. The maximum atomic E-state index is 14.7. The number of aromatic nitrogens is 6. The Labute approximate surface area is 212 Å². The van der Waals surface area contributed by atoms with E-state index in [0.717, 1.165) is 5.69 Å². The molecule has 0 aliphatic rings. The number of fused-ring (bicyclic) bond motifs is 1. The Kier molecular flexibility index (Phi) is 7.62. The first kappa shape index (κ1) is 25.2. The number of benzene rings is 1. The second-order valence-electron chi connectivity index (χ2n) is 7.65. The van der Waals surface area contributed by atoms with Crippen LogP contribution in [0.2, 0.25) is 0 Å². The van der Waals surface area contributed by atoms with Gasteiger partial charge in [-0.15, -0.1) is 0 Å². The number of rotatable bonds is 7. The zero-order chi connectivity index (χ0) is 24.9. The minimum Gasteiger partial charge on any atom is -0.450 e. The van der Waals surface area contributed by atoms with Gasteiger partial charge in [-0.2, -0.15) is 0 Å². The summed E-state index contributed by atoms with van der Waals surface area (Å²) in [5.74, 6) is 0.122. The third-order valence-corrected chi connectivity index (χ3v) is 5.24. The van der Waals surface area contributed by atoms with Crippen molar-refractivity contribution >= 4 is 29.0 Å². The minimum absolute atomic E-state index is 0. The minimum atomic E-state index is -0.649. The summed E-state index contributed by atoms with van der Waals surface area (Å²) in [7, 11) is 0. The molecule has 188 valence electrons. The molecule has 11 heteroatoms. The molecule has 0 unspecified atom stereocenters. The zero-order valence-electron chi connectivity index (χ0n) is 19.2. The largest absolute Gasteiger partial charge is 0.450 e. The first-order valence-corrected chi connectivity index (χ1v) is 11.2. The number of H-pyrrole nitrogens is 1. The molecule has 5 rings (SSSR count). The van der Waals surface area contributed by atoms with Crippen LogP contribution in [0.4, 0.5) is 21.1 Å². The number of carbonyl (C=O) groups is 1. The molecule has 1 amide bonds. The van der Waals surface area contributed by atoms with Crippen LogP contribution < -0.4 is 10.6 Å². The van der Waals surface area contributed by atoms with Crippen molar-refractivity contribution in [3.8, 4) is 22.4 Å². The standard InChI is InChI=1S/C25H21FN8O2.CH4/c1-2-36-25(35)34-24-32-20-11-15(10-18(22(20)33-24)21-19(26)7-5-9-28-21)16-12-29-23(30-13-16)31-14-17-6-3-4-8-27-17;/h3-13H,2,14H2,1H3,(H,29,30,31)(H2,32,33,34,35);1H4. The highest BCUT2D eigenvalue weighted by atomic mass is 19.1. The van der Waals surface area contributed by atoms with E-state index in [1.165, 1.54) is 18.3 Å². The highest BCUT2D eigenvalue weighted by molar-refractivity contribution is 5.97. The Balaban J connectivity index is 0.00000320. The lowest BCUT2D eigenvalue weighted by molar-refractivity contribution is 0.167. The number of nitrogens with one attached hydrogen (secondary N) is 3. The summed E-state index contributed by atoms with van der Waals surface area (Å²) in [4.78, 5) is 36.6. The van der Waals surface area contributed by atoms with E-state index in [1.54, 1.807) is 31.6 Å². The van der Waals surface area contributed by atoms with Gasteiger partial charge in [0.1, 0.15) is 17.0 Å². The van der Waals surface area contributed by atoms with E-state index in [9.17, 15) is 9.18 Å². The van der Waals surface area contributed by atoms with Crippen molar-refractivity contribution < 1.29 is 13.9 Å². The Morgan fingerprint density at radius 2 is 1.84 bits per heavy atom. The van der Waals surface area contributed by atoms with E-state index in [-0.39, 0.29) is 25.7 Å². The molecule has 0 radical (unpaired) electrons. The van der Waals surface area contributed by atoms with Crippen molar-refractivity contribution in [1.29, 1.82) is 0 Å². The van der Waals surface area contributed by atoms with Gasteiger partial charge in [0.05, 0.1) is 24.4 Å². The van der Waals surface area contributed by atoms with Gasteiger partial charge in [0.25, 0.3) is 0 Å². The average molecular weight is 501 g/mol. The molecule has 5 aromatic rings. The van der Waals surface area contributed by atoms with Gasteiger partial charge in [-0.3, -0.25) is 15.3 Å². The highest BCUT2D eigenvalue weighted by Crippen LogP contribution is 2.34. The number of anilines is 2. The van der Waals surface area contributed by atoms with E-state index in [4.69, 9.17) is 4.74 Å². The summed E-state index contributed by atoms with van der Waals surface area (Å²) in [6, 6.07) is 12.1. The number of hydrogen-bond donors (Lipinski definition) is 3. The number of imidazole rings is 1. The summed E-state index contributed by atoms with van der Waals surface area (Å²) in [5.41, 5.74) is 3.87. The fourth-order valence-corrected chi connectivity index (χ4v) is 3.61. The number of ether oxygens (including phenoxy) is 1. The monoisotopic (exact) mass is 500 g/mol. The predicted molar refractivity (Wildman–Crippen MR) is 139 cm³/mol. The lowest BCUT2D eigenvalue weighted by Crippen LogP contribution is -2.14. The van der Waals surface area contributed by atoms with Crippen molar-refractivity contribution in [2.24, 2.45) is 0 Å². The van der Waals surface area contributed by atoms with Gasteiger partial charge in [-0.1, -0.05) is 13.5 Å². The summed E-state index contributed by atoms with van der Waals surface area (Å²) in [6.45, 7) is 2.40. The van der Waals surface area contributed by atoms with Crippen LogP contribution in [0, 0.1) is 5.82 Å². The normalized spacial score (nSPS) is 10.5. The maximum absolute atomic E-state index is 14.7. The maximum Gasteiger partial charge on any atom is 0.413 e. The molecule has 4 heterocycles. The molecule has 3 N–H and O–H groups in total. The number of aromatic amines is 1. The summed E-state index contributed by atoms with van der Waals surface area (Å²) in [5, 5.41) is 5.67. The summed E-state index contributed by atoms with van der Waals surface area (Å²) < 4.78 is 19.6. The Morgan fingerprint density at radius 3 is 2.57 bits per heavy atom. The molecule has 0 bridgehead atoms. The average Bonchev–Trinajstić information content (AvgIpc) is 3.30. The molecule has 0 saturated heterocycles. The van der Waals surface area contributed by atoms with Crippen LogP contribution in [0.25, 0.3) is 33.4 Å². The number of pyridine rings is 2. The number of halogens is 1. The van der Waals surface area contributed by atoms with Crippen molar-refractivity contribution in [3.63, 3.8) is 0 Å². The first-order chi connectivity index (χ1) is 17.6. The molecule has 37 heavy (non-hydrogen) atoms. The van der Waals surface area contributed by atoms with E-state index in [2.05, 4.69) is 40.5 Å². The molecule has 4 aromatic heterocycles. The quantitative estimate of drug-likeness (QED) is 0.270. The van der Waals surface area contributed by atoms with Gasteiger partial charge in [0.15, 0.2) is 0 Å². The summed E-state index contributed by atoms with van der Waals surface area (Å²) in [6.07, 6.45) is 5.92. The second kappa shape index (κ2) is 11.2. The van der Waals surface area contributed by atoms with Crippen molar-refractivity contribution in [2.45, 2.75) is 20.9 Å². The van der Waals surface area contributed by atoms with Crippen LogP contribution in [0.1, 0.15) is 20.0 Å². The van der Waals surface area contributed by atoms with E-state index in [0.29, 0.717) is 40.2 Å². The van der Waals surface area contributed by atoms with Gasteiger partial charge in [0, 0.05) is 35.9 Å². The summed E-state index contributed by atoms with van der Waals surface area (Å²) >= 11 is 0. The van der Waals surface area contributed by atoms with E-state index >= 15 is 0 Å². The first-order valence-electron chi connectivity index (χ1n) is 11.2.